The van der Waals surface area contributed by atoms with Crippen LogP contribution in [-0.4, -0.2) is 16.5 Å². The first-order chi connectivity index (χ1) is 8.85. The topological polar surface area (TPSA) is 40.7 Å². The van der Waals surface area contributed by atoms with Gasteiger partial charge in [0.05, 0.1) is 0 Å². The summed E-state index contributed by atoms with van der Waals surface area (Å²) < 4.78 is 0. The normalized spacial score (nSPS) is 16.1. The molecule has 3 nitrogen and oxygen atoms in total. The van der Waals surface area contributed by atoms with Crippen molar-refractivity contribution in [3.8, 4) is 0 Å². The van der Waals surface area contributed by atoms with Crippen molar-refractivity contribution in [2.24, 2.45) is 5.92 Å². The average molecular weight is 243 g/mol. The van der Waals surface area contributed by atoms with Gasteiger partial charge in [-0.15, -0.1) is 0 Å². The van der Waals surface area contributed by atoms with E-state index in [0.717, 1.165) is 36.8 Å². The van der Waals surface area contributed by atoms with Gasteiger partial charge in [0.1, 0.15) is 5.65 Å². The third-order valence-electron chi connectivity index (χ3n) is 3.93. The van der Waals surface area contributed by atoms with Crippen LogP contribution in [0, 0.1) is 5.92 Å². The SMILES string of the molecule is CCc1ccc2cc(CNCC3CCC3)[nH]c2n1. The molecule has 18 heavy (non-hydrogen) atoms. The summed E-state index contributed by atoms with van der Waals surface area (Å²) in [5.41, 5.74) is 3.41. The Morgan fingerprint density at radius 3 is 3.00 bits per heavy atom. The second-order valence-corrected chi connectivity index (χ2v) is 5.32. The molecule has 1 saturated carbocycles. The van der Waals surface area contributed by atoms with E-state index in [2.05, 4.69) is 40.4 Å². The lowest BCUT2D eigenvalue weighted by atomic mass is 9.85. The van der Waals surface area contributed by atoms with Crippen LogP contribution in [0.5, 0.6) is 0 Å². The van der Waals surface area contributed by atoms with E-state index in [4.69, 9.17) is 0 Å². The van der Waals surface area contributed by atoms with Crippen LogP contribution in [0.2, 0.25) is 0 Å². The van der Waals surface area contributed by atoms with Gasteiger partial charge in [-0.25, -0.2) is 4.98 Å². The highest BCUT2D eigenvalue weighted by molar-refractivity contribution is 5.76. The van der Waals surface area contributed by atoms with Gasteiger partial charge in [0, 0.05) is 23.3 Å². The van der Waals surface area contributed by atoms with Gasteiger partial charge in [0.15, 0.2) is 0 Å². The number of hydrogen-bond donors (Lipinski definition) is 2. The van der Waals surface area contributed by atoms with Gasteiger partial charge in [0.25, 0.3) is 0 Å². The first-order valence-corrected chi connectivity index (χ1v) is 7.03. The molecule has 2 aromatic heterocycles. The van der Waals surface area contributed by atoms with Gasteiger partial charge in [-0.2, -0.15) is 0 Å². The summed E-state index contributed by atoms with van der Waals surface area (Å²) in [6.45, 7) is 4.22. The molecular weight excluding hydrogens is 222 g/mol. The monoisotopic (exact) mass is 243 g/mol. The Kier molecular flexibility index (Phi) is 3.33. The summed E-state index contributed by atoms with van der Waals surface area (Å²) in [4.78, 5) is 8.01. The minimum absolute atomic E-state index is 0.916. The van der Waals surface area contributed by atoms with Crippen LogP contribution in [0.4, 0.5) is 0 Å². The van der Waals surface area contributed by atoms with Crippen molar-refractivity contribution in [3.63, 3.8) is 0 Å². The number of pyridine rings is 1. The van der Waals surface area contributed by atoms with Crippen LogP contribution < -0.4 is 5.32 Å². The quantitative estimate of drug-likeness (QED) is 0.847. The van der Waals surface area contributed by atoms with Gasteiger partial charge in [-0.05, 0) is 49.9 Å². The van der Waals surface area contributed by atoms with Crippen molar-refractivity contribution >= 4 is 11.0 Å². The van der Waals surface area contributed by atoms with E-state index in [1.165, 1.54) is 30.3 Å². The molecule has 2 N–H and O–H groups in total. The molecule has 1 aliphatic rings. The number of H-pyrrole nitrogens is 1. The Balaban J connectivity index is 1.64. The van der Waals surface area contributed by atoms with Crippen LogP contribution in [0.3, 0.4) is 0 Å². The van der Waals surface area contributed by atoms with Crippen LogP contribution in [0.25, 0.3) is 11.0 Å². The molecule has 0 spiro atoms. The van der Waals surface area contributed by atoms with Crippen molar-refractivity contribution in [2.45, 2.75) is 39.2 Å². The molecule has 0 bridgehead atoms. The fourth-order valence-corrected chi connectivity index (χ4v) is 2.50. The van der Waals surface area contributed by atoms with Gasteiger partial charge < -0.3 is 10.3 Å². The molecule has 0 amide bonds. The third-order valence-corrected chi connectivity index (χ3v) is 3.93. The molecule has 1 aliphatic carbocycles. The highest BCUT2D eigenvalue weighted by Crippen LogP contribution is 2.25. The van der Waals surface area contributed by atoms with Crippen molar-refractivity contribution in [3.05, 3.63) is 29.6 Å². The summed E-state index contributed by atoms with van der Waals surface area (Å²) in [6.07, 6.45) is 5.22. The first-order valence-electron chi connectivity index (χ1n) is 7.03. The first kappa shape index (κ1) is 11.7. The maximum absolute atomic E-state index is 4.60. The van der Waals surface area contributed by atoms with Crippen molar-refractivity contribution < 1.29 is 0 Å². The minimum Gasteiger partial charge on any atom is -0.342 e. The fraction of sp³-hybridized carbons (Fsp3) is 0.533. The van der Waals surface area contributed by atoms with E-state index in [-0.39, 0.29) is 0 Å². The summed E-state index contributed by atoms with van der Waals surface area (Å²) in [5, 5.41) is 4.75. The third kappa shape index (κ3) is 2.41. The van der Waals surface area contributed by atoms with E-state index in [1.54, 1.807) is 0 Å². The maximum atomic E-state index is 4.60. The van der Waals surface area contributed by atoms with Crippen LogP contribution in [0.1, 0.15) is 37.6 Å². The van der Waals surface area contributed by atoms with E-state index >= 15 is 0 Å². The molecule has 0 aromatic carbocycles. The number of hydrogen-bond acceptors (Lipinski definition) is 2. The van der Waals surface area contributed by atoms with Crippen molar-refractivity contribution in [2.75, 3.05) is 6.54 Å². The summed E-state index contributed by atoms with van der Waals surface area (Å²) in [5.74, 6) is 0.916. The van der Waals surface area contributed by atoms with Crippen molar-refractivity contribution in [1.82, 2.24) is 15.3 Å². The molecule has 0 aliphatic heterocycles. The highest BCUT2D eigenvalue weighted by Gasteiger charge is 2.16. The minimum atomic E-state index is 0.916. The molecule has 0 radical (unpaired) electrons. The summed E-state index contributed by atoms with van der Waals surface area (Å²) >= 11 is 0. The van der Waals surface area contributed by atoms with Crippen LogP contribution in [-0.2, 0) is 13.0 Å². The Morgan fingerprint density at radius 2 is 2.28 bits per heavy atom. The Bertz CT molecular complexity index is 526. The number of rotatable bonds is 5. The lowest BCUT2D eigenvalue weighted by Gasteiger charge is -2.25. The van der Waals surface area contributed by atoms with Gasteiger partial charge in [0.2, 0.25) is 0 Å². The Hall–Kier alpha value is -1.35. The molecular formula is C15H21N3. The van der Waals surface area contributed by atoms with E-state index in [9.17, 15) is 0 Å². The fourth-order valence-electron chi connectivity index (χ4n) is 2.50. The van der Waals surface area contributed by atoms with Crippen LogP contribution in [0.15, 0.2) is 18.2 Å². The average Bonchev–Trinajstić information content (AvgIpc) is 2.73. The van der Waals surface area contributed by atoms with E-state index in [1.807, 2.05) is 0 Å². The number of aromatic amines is 1. The van der Waals surface area contributed by atoms with Gasteiger partial charge in [-0.1, -0.05) is 13.3 Å². The molecule has 0 saturated heterocycles. The maximum Gasteiger partial charge on any atom is 0.137 e. The molecule has 3 heteroatoms. The van der Waals surface area contributed by atoms with Crippen molar-refractivity contribution in [1.29, 1.82) is 0 Å². The molecule has 0 atom stereocenters. The Labute approximate surface area is 108 Å². The standard InChI is InChI=1S/C15H21N3/c1-2-13-7-6-12-8-14(18-15(12)17-13)10-16-9-11-4-3-5-11/h6-8,11,16H,2-5,9-10H2,1H3,(H,17,18). The summed E-state index contributed by atoms with van der Waals surface area (Å²) in [7, 11) is 0. The smallest absolute Gasteiger partial charge is 0.137 e. The zero-order chi connectivity index (χ0) is 12.4. The number of nitrogens with zero attached hydrogens (tertiary/aromatic N) is 1. The summed E-state index contributed by atoms with van der Waals surface area (Å²) in [6, 6.07) is 6.48. The molecule has 96 valence electrons. The number of aromatic nitrogens is 2. The van der Waals surface area contributed by atoms with Crippen LogP contribution >= 0.6 is 0 Å². The second kappa shape index (κ2) is 5.11. The zero-order valence-corrected chi connectivity index (χ0v) is 11.0. The predicted octanol–water partition coefficient (Wildman–Crippen LogP) is 3.02. The molecule has 1 fully saturated rings. The molecule has 3 rings (SSSR count). The van der Waals surface area contributed by atoms with E-state index in [0.29, 0.717) is 0 Å². The second-order valence-electron chi connectivity index (χ2n) is 5.32. The lowest BCUT2D eigenvalue weighted by Crippen LogP contribution is -2.26. The Morgan fingerprint density at radius 1 is 1.39 bits per heavy atom. The number of fused-ring (bicyclic) bond motifs is 1. The van der Waals surface area contributed by atoms with E-state index < -0.39 is 0 Å². The lowest BCUT2D eigenvalue weighted by molar-refractivity contribution is 0.301. The predicted molar refractivity (Wildman–Crippen MR) is 74.5 cm³/mol. The number of nitrogens with one attached hydrogen (secondary N) is 2. The van der Waals surface area contributed by atoms with Gasteiger partial charge in [-0.3, -0.25) is 0 Å². The number of aryl methyl sites for hydroxylation is 1. The molecule has 2 aromatic rings. The largest absolute Gasteiger partial charge is 0.342 e. The zero-order valence-electron chi connectivity index (χ0n) is 11.0. The molecule has 2 heterocycles. The van der Waals surface area contributed by atoms with Gasteiger partial charge >= 0.3 is 0 Å². The molecule has 0 unspecified atom stereocenters. The highest BCUT2D eigenvalue weighted by atomic mass is 14.9.